The van der Waals surface area contributed by atoms with Gasteiger partial charge in [0, 0.05) is 51.7 Å². The van der Waals surface area contributed by atoms with Gasteiger partial charge >= 0.3 is 6.09 Å². The van der Waals surface area contributed by atoms with Crippen LogP contribution < -0.4 is 5.32 Å². The second-order valence-corrected chi connectivity index (χ2v) is 20.3. The average Bonchev–Trinajstić information content (AvgIpc) is 3.79. The molecule has 9 saturated heterocycles. The predicted octanol–water partition coefficient (Wildman–Crippen LogP) is 5.04. The van der Waals surface area contributed by atoms with Crippen LogP contribution in [0.3, 0.4) is 0 Å². The minimum atomic E-state index is -0.934. The first-order valence-corrected chi connectivity index (χ1v) is 23.0. The molecule has 336 valence electrons. The van der Waals surface area contributed by atoms with Crippen molar-refractivity contribution in [3.05, 3.63) is 24.3 Å². The normalized spacial score (nSPS) is 47.3. The number of ketones is 1. The number of rotatable bonds is 5. The van der Waals surface area contributed by atoms with Gasteiger partial charge in [-0.2, -0.15) is 0 Å². The van der Waals surface area contributed by atoms with Crippen LogP contribution in [-0.2, 0) is 52.2 Å². The van der Waals surface area contributed by atoms with Crippen LogP contribution in [0.2, 0.25) is 0 Å². The van der Waals surface area contributed by atoms with Crippen LogP contribution in [0.25, 0.3) is 0 Å². The number of carbonyl (C=O) groups is 2. The first-order valence-electron chi connectivity index (χ1n) is 23.0. The van der Waals surface area contributed by atoms with Gasteiger partial charge in [-0.15, -0.1) is 0 Å². The molecule has 0 aliphatic carbocycles. The van der Waals surface area contributed by atoms with Crippen molar-refractivity contribution in [2.24, 2.45) is 11.8 Å². The van der Waals surface area contributed by atoms with E-state index in [0.717, 1.165) is 62.5 Å². The van der Waals surface area contributed by atoms with E-state index in [1.807, 2.05) is 0 Å². The van der Waals surface area contributed by atoms with Crippen LogP contribution in [0.1, 0.15) is 111 Å². The Labute approximate surface area is 355 Å². The fourth-order valence-electron chi connectivity index (χ4n) is 11.9. The number of Topliss-reactive ketones (excluding diaryl/α,β-unsaturated/α-hetero) is 1. The van der Waals surface area contributed by atoms with E-state index in [9.17, 15) is 14.7 Å². The molecule has 9 aliphatic rings. The Bertz CT molecular complexity index is 1600. The number of amides is 1. The highest BCUT2D eigenvalue weighted by molar-refractivity contribution is 5.79. The van der Waals surface area contributed by atoms with Crippen LogP contribution in [0, 0.1) is 11.8 Å². The average molecular weight is 844 g/mol. The molecule has 0 aromatic carbocycles. The molecule has 1 amide bonds. The number of aliphatic hydroxyl groups excluding tert-OH is 1. The van der Waals surface area contributed by atoms with Crippen LogP contribution in [0.15, 0.2) is 24.3 Å². The topological polar surface area (TPSA) is 159 Å². The smallest absolute Gasteiger partial charge is 0.407 e. The Morgan fingerprint density at radius 1 is 0.733 bits per heavy atom. The molecule has 10 bridgehead atoms. The molecule has 0 aromatic rings. The Balaban J connectivity index is 0.950. The van der Waals surface area contributed by atoms with Gasteiger partial charge in [0.05, 0.1) is 79.4 Å². The lowest BCUT2D eigenvalue weighted by Crippen LogP contribution is -2.66. The van der Waals surface area contributed by atoms with Crippen molar-refractivity contribution < 1.29 is 62.1 Å². The molecule has 9 aliphatic heterocycles. The second-order valence-electron chi connectivity index (χ2n) is 20.3. The minimum Gasteiger partial charge on any atom is -0.444 e. The maximum atomic E-state index is 14.3. The molecule has 9 heterocycles. The molecule has 60 heavy (non-hydrogen) atoms. The minimum absolute atomic E-state index is 0.00566. The van der Waals surface area contributed by atoms with Crippen molar-refractivity contribution in [3.8, 4) is 0 Å². The van der Waals surface area contributed by atoms with Crippen LogP contribution in [0.5, 0.6) is 0 Å². The SMILES string of the molecule is C=C1C(C)CC2CC[C@@H]3OC(CC[C@H]4OC5C6CC4OC4C(O6)[C@H]5OC5CCC(CC(=O)CC6C(CC1O2)O[C@H](CC(O)CNC(=O)OC(C)(C)C)[C@@H]6OC)O[C@@H]54)CC3=C. The predicted molar refractivity (Wildman–Crippen MR) is 216 cm³/mol. The summed E-state index contributed by atoms with van der Waals surface area (Å²) in [5.74, 6) is -0.00370. The number of aliphatic hydroxyl groups is 1. The highest BCUT2D eigenvalue weighted by Crippen LogP contribution is 2.49. The Morgan fingerprint density at radius 2 is 1.38 bits per heavy atom. The number of methoxy groups -OCH3 is 1. The van der Waals surface area contributed by atoms with Crippen molar-refractivity contribution in [2.45, 2.75) is 227 Å². The van der Waals surface area contributed by atoms with E-state index >= 15 is 0 Å². The second kappa shape index (κ2) is 17.5. The lowest BCUT2D eigenvalue weighted by molar-refractivity contribution is -0.301. The van der Waals surface area contributed by atoms with Crippen molar-refractivity contribution >= 4 is 11.9 Å². The fourth-order valence-corrected chi connectivity index (χ4v) is 11.9. The number of hydrogen-bond donors (Lipinski definition) is 2. The molecule has 14 unspecified atom stereocenters. The van der Waals surface area contributed by atoms with E-state index in [0.29, 0.717) is 12.8 Å². The summed E-state index contributed by atoms with van der Waals surface area (Å²) < 4.78 is 65.8. The highest BCUT2D eigenvalue weighted by atomic mass is 16.7. The van der Waals surface area contributed by atoms with E-state index in [1.54, 1.807) is 27.9 Å². The Kier molecular flexibility index (Phi) is 12.6. The lowest BCUT2D eigenvalue weighted by Gasteiger charge is -2.51. The zero-order chi connectivity index (χ0) is 42.0. The first kappa shape index (κ1) is 43.3. The van der Waals surface area contributed by atoms with Crippen molar-refractivity contribution in [3.63, 3.8) is 0 Å². The van der Waals surface area contributed by atoms with Crippen LogP contribution in [0.4, 0.5) is 4.79 Å². The van der Waals surface area contributed by atoms with Gasteiger partial charge in [-0.25, -0.2) is 4.79 Å². The first-order chi connectivity index (χ1) is 28.7. The molecule has 14 nitrogen and oxygen atoms in total. The van der Waals surface area contributed by atoms with Crippen molar-refractivity contribution in [1.29, 1.82) is 0 Å². The summed E-state index contributed by atoms with van der Waals surface area (Å²) in [4.78, 5) is 26.7. The van der Waals surface area contributed by atoms with E-state index in [-0.39, 0.29) is 129 Å². The molecule has 20 atom stereocenters. The standard InChI is InChI=1S/C46H69NO13/c1-22-14-27-8-11-31-23(2)15-28(52-31)9-12-32-36-20-38-41(56-32)43-44(59-38)42(58-36)40-33(57-43)13-10-29(54-40)16-25(48)17-30-35(19-34(53-27)24(22)3)55-37(39(30)51-7)18-26(49)21-47-45(50)60-46(4,5)6/h22,26-44,49H,2-3,8-21H2,1,4-7H3,(H,47,50)/t22?,26?,27?,28?,29?,30?,31-,32+,33?,34?,35?,36?,37+,38?,39+,40-,41?,42?,43-,44?/m0/s1. The van der Waals surface area contributed by atoms with Gasteiger partial charge in [-0.1, -0.05) is 20.1 Å². The van der Waals surface area contributed by atoms with Gasteiger partial charge in [0.25, 0.3) is 0 Å². The number of carbonyl (C=O) groups excluding carboxylic acids is 2. The fraction of sp³-hybridized carbons (Fsp3) is 0.870. The maximum absolute atomic E-state index is 14.3. The quantitative estimate of drug-likeness (QED) is 0.355. The lowest BCUT2D eigenvalue weighted by atomic mass is 9.81. The van der Waals surface area contributed by atoms with E-state index in [4.69, 9.17) is 47.4 Å². The summed E-state index contributed by atoms with van der Waals surface area (Å²) in [6.07, 6.45) is 3.22. The summed E-state index contributed by atoms with van der Waals surface area (Å²) in [5, 5.41) is 13.8. The molecule has 2 N–H and O–H groups in total. The monoisotopic (exact) mass is 843 g/mol. The highest BCUT2D eigenvalue weighted by Gasteiger charge is 2.64. The molecule has 0 aromatic heterocycles. The maximum Gasteiger partial charge on any atom is 0.407 e. The van der Waals surface area contributed by atoms with Gasteiger partial charge in [0.2, 0.25) is 0 Å². The largest absolute Gasteiger partial charge is 0.444 e. The summed E-state index contributed by atoms with van der Waals surface area (Å²) in [5.41, 5.74) is 1.49. The molecule has 9 rings (SSSR count). The van der Waals surface area contributed by atoms with Crippen LogP contribution in [-0.4, -0.2) is 146 Å². The van der Waals surface area contributed by atoms with E-state index < -0.39 is 36.1 Å². The zero-order valence-corrected chi connectivity index (χ0v) is 36.2. The number of alkyl carbamates (subject to hydrolysis) is 1. The molecule has 14 heteroatoms. The third-order valence-corrected chi connectivity index (χ3v) is 14.8. The summed E-state index contributed by atoms with van der Waals surface area (Å²) in [7, 11) is 1.63. The third kappa shape index (κ3) is 9.03. The summed E-state index contributed by atoms with van der Waals surface area (Å²) >= 11 is 0. The van der Waals surface area contributed by atoms with Gasteiger partial charge in [0.1, 0.15) is 41.9 Å². The zero-order valence-electron chi connectivity index (χ0n) is 36.2. The Hall–Kier alpha value is -1.98. The van der Waals surface area contributed by atoms with Gasteiger partial charge in [-0.3, -0.25) is 4.79 Å². The van der Waals surface area contributed by atoms with Gasteiger partial charge < -0.3 is 57.8 Å². The van der Waals surface area contributed by atoms with Crippen molar-refractivity contribution in [2.75, 3.05) is 13.7 Å². The summed E-state index contributed by atoms with van der Waals surface area (Å²) in [6, 6.07) is 0. The molecular formula is C46H69NO13. The number of hydrogen-bond acceptors (Lipinski definition) is 13. The van der Waals surface area contributed by atoms with Gasteiger partial charge in [0.15, 0.2) is 0 Å². The van der Waals surface area contributed by atoms with Gasteiger partial charge in [-0.05, 0) is 89.2 Å². The third-order valence-electron chi connectivity index (χ3n) is 14.8. The van der Waals surface area contributed by atoms with Crippen LogP contribution >= 0.6 is 0 Å². The Morgan fingerprint density at radius 3 is 2.15 bits per heavy atom. The molecule has 9 fully saturated rings. The number of nitrogens with one attached hydrogen (secondary N) is 1. The number of ether oxygens (including phenoxy) is 10. The molecule has 0 saturated carbocycles. The van der Waals surface area contributed by atoms with Crippen molar-refractivity contribution in [1.82, 2.24) is 5.32 Å². The molecule has 0 spiro atoms. The molecular weight excluding hydrogens is 774 g/mol. The van der Waals surface area contributed by atoms with E-state index in [2.05, 4.69) is 25.4 Å². The summed E-state index contributed by atoms with van der Waals surface area (Å²) in [6.45, 7) is 16.5. The molecule has 0 radical (unpaired) electrons. The van der Waals surface area contributed by atoms with E-state index in [1.165, 1.54) is 0 Å². The number of fused-ring (bicyclic) bond motifs is 7.